The molecule has 6 nitrogen and oxygen atoms in total. The van der Waals surface area contributed by atoms with Crippen LogP contribution < -0.4 is 14.8 Å². The van der Waals surface area contributed by atoms with Gasteiger partial charge in [0.1, 0.15) is 0 Å². The molecule has 1 aromatic heterocycles. The van der Waals surface area contributed by atoms with Crippen molar-refractivity contribution in [2.75, 3.05) is 20.8 Å². The number of rotatable bonds is 8. The minimum absolute atomic E-state index is 0.104. The van der Waals surface area contributed by atoms with E-state index in [2.05, 4.69) is 27.8 Å². The van der Waals surface area contributed by atoms with Gasteiger partial charge in [-0.05, 0) is 42.7 Å². The lowest BCUT2D eigenvalue weighted by Crippen LogP contribution is -2.39. The van der Waals surface area contributed by atoms with Gasteiger partial charge in [-0.25, -0.2) is 4.68 Å². The van der Waals surface area contributed by atoms with Gasteiger partial charge in [0.15, 0.2) is 11.5 Å². The highest BCUT2D eigenvalue weighted by Gasteiger charge is 2.34. The summed E-state index contributed by atoms with van der Waals surface area (Å²) in [5.74, 6) is 1.57. The van der Waals surface area contributed by atoms with Crippen LogP contribution in [0.15, 0.2) is 54.7 Å². The van der Waals surface area contributed by atoms with Gasteiger partial charge in [0.05, 0.1) is 31.8 Å². The zero-order valence-electron chi connectivity index (χ0n) is 17.8. The Hall–Kier alpha value is -2.86. The van der Waals surface area contributed by atoms with Gasteiger partial charge in [-0.3, -0.25) is 0 Å². The summed E-state index contributed by atoms with van der Waals surface area (Å²) in [5, 5.41) is 12.3. The molecule has 0 aliphatic heterocycles. The molecule has 1 saturated carbocycles. The van der Waals surface area contributed by atoms with Crippen LogP contribution in [0.3, 0.4) is 0 Å². The van der Waals surface area contributed by atoms with E-state index in [1.165, 1.54) is 37.7 Å². The minimum atomic E-state index is 0.104. The Morgan fingerprint density at radius 1 is 0.967 bits per heavy atom. The second-order valence-electron chi connectivity index (χ2n) is 8.00. The molecule has 0 amide bonds. The SMILES string of the molecule is COc1ccc(C2(CNCc3cn(-c4ccccc4)nn3)CCCCC2)cc1OC. The molecular weight excluding hydrogens is 376 g/mol. The van der Waals surface area contributed by atoms with E-state index in [0.717, 1.165) is 29.4 Å². The zero-order chi connectivity index (χ0) is 20.8. The van der Waals surface area contributed by atoms with E-state index in [1.54, 1.807) is 14.2 Å². The Labute approximate surface area is 178 Å². The van der Waals surface area contributed by atoms with E-state index in [1.807, 2.05) is 47.3 Å². The van der Waals surface area contributed by atoms with Gasteiger partial charge in [0, 0.05) is 18.5 Å². The first-order valence-electron chi connectivity index (χ1n) is 10.6. The number of aromatic nitrogens is 3. The summed E-state index contributed by atoms with van der Waals surface area (Å²) >= 11 is 0. The van der Waals surface area contributed by atoms with Crippen LogP contribution in [-0.4, -0.2) is 35.8 Å². The Balaban J connectivity index is 1.47. The molecule has 0 atom stereocenters. The van der Waals surface area contributed by atoms with Crippen LogP contribution in [0.25, 0.3) is 5.69 Å². The van der Waals surface area contributed by atoms with Crippen molar-refractivity contribution < 1.29 is 9.47 Å². The van der Waals surface area contributed by atoms with E-state index in [9.17, 15) is 0 Å². The lowest BCUT2D eigenvalue weighted by Gasteiger charge is -2.38. The summed E-state index contributed by atoms with van der Waals surface area (Å²) in [6.07, 6.45) is 8.14. The Morgan fingerprint density at radius 3 is 2.47 bits per heavy atom. The van der Waals surface area contributed by atoms with Gasteiger partial charge in [-0.1, -0.05) is 48.7 Å². The van der Waals surface area contributed by atoms with Crippen molar-refractivity contribution in [1.82, 2.24) is 20.3 Å². The van der Waals surface area contributed by atoms with Crippen molar-refractivity contribution in [3.05, 3.63) is 66.0 Å². The summed E-state index contributed by atoms with van der Waals surface area (Å²) < 4.78 is 12.8. The molecule has 0 bridgehead atoms. The van der Waals surface area contributed by atoms with Gasteiger partial charge < -0.3 is 14.8 Å². The van der Waals surface area contributed by atoms with Crippen molar-refractivity contribution in [2.45, 2.75) is 44.1 Å². The first-order chi connectivity index (χ1) is 14.7. The third kappa shape index (κ3) is 4.33. The second-order valence-corrected chi connectivity index (χ2v) is 8.00. The van der Waals surface area contributed by atoms with Crippen LogP contribution in [0.2, 0.25) is 0 Å². The summed E-state index contributed by atoms with van der Waals surface area (Å²) in [6.45, 7) is 1.60. The molecule has 1 aliphatic carbocycles. The number of hydrogen-bond acceptors (Lipinski definition) is 5. The molecule has 0 spiro atoms. The van der Waals surface area contributed by atoms with Gasteiger partial charge in [0.2, 0.25) is 0 Å². The Kier molecular flexibility index (Phi) is 6.33. The van der Waals surface area contributed by atoms with Crippen molar-refractivity contribution in [2.24, 2.45) is 0 Å². The average Bonchev–Trinajstić information content (AvgIpc) is 3.29. The predicted molar refractivity (Wildman–Crippen MR) is 117 cm³/mol. The van der Waals surface area contributed by atoms with Crippen molar-refractivity contribution in [1.29, 1.82) is 0 Å². The molecule has 158 valence electrons. The molecule has 4 rings (SSSR count). The second kappa shape index (κ2) is 9.30. The fourth-order valence-electron chi connectivity index (χ4n) is 4.48. The lowest BCUT2D eigenvalue weighted by molar-refractivity contribution is 0.277. The van der Waals surface area contributed by atoms with Gasteiger partial charge >= 0.3 is 0 Å². The largest absolute Gasteiger partial charge is 0.493 e. The highest BCUT2D eigenvalue weighted by molar-refractivity contribution is 5.45. The van der Waals surface area contributed by atoms with Crippen LogP contribution in [0.5, 0.6) is 11.5 Å². The van der Waals surface area contributed by atoms with Crippen LogP contribution in [0.1, 0.15) is 43.4 Å². The number of hydrogen-bond donors (Lipinski definition) is 1. The molecule has 0 saturated heterocycles. The lowest BCUT2D eigenvalue weighted by atomic mass is 9.69. The molecule has 1 fully saturated rings. The number of ether oxygens (including phenoxy) is 2. The fourth-order valence-corrected chi connectivity index (χ4v) is 4.48. The molecular formula is C24H30N4O2. The van der Waals surface area contributed by atoms with Crippen LogP contribution in [-0.2, 0) is 12.0 Å². The number of methoxy groups -OCH3 is 2. The molecule has 3 aromatic rings. The summed E-state index contributed by atoms with van der Waals surface area (Å²) in [5.41, 5.74) is 3.38. The summed E-state index contributed by atoms with van der Waals surface area (Å²) in [7, 11) is 3.38. The predicted octanol–water partition coefficient (Wildman–Crippen LogP) is 4.28. The standard InChI is InChI=1S/C24H30N4O2/c1-29-22-12-11-19(15-23(22)30-2)24(13-7-4-8-14-24)18-25-16-20-17-28(27-26-20)21-9-5-3-6-10-21/h3,5-6,9-12,15,17,25H,4,7-8,13-14,16,18H2,1-2H3. The number of benzene rings is 2. The first kappa shape index (κ1) is 20.4. The molecule has 2 aromatic carbocycles. The minimum Gasteiger partial charge on any atom is -0.493 e. The van der Waals surface area contributed by atoms with Gasteiger partial charge in [0.25, 0.3) is 0 Å². The Bertz CT molecular complexity index is 949. The highest BCUT2D eigenvalue weighted by Crippen LogP contribution is 2.42. The average molecular weight is 407 g/mol. The van der Waals surface area contributed by atoms with Crippen LogP contribution >= 0.6 is 0 Å². The molecule has 0 radical (unpaired) electrons. The van der Waals surface area contributed by atoms with Gasteiger partial charge in [-0.15, -0.1) is 5.10 Å². The number of nitrogens with zero attached hydrogens (tertiary/aromatic N) is 3. The number of para-hydroxylation sites is 1. The number of nitrogens with one attached hydrogen (secondary N) is 1. The van der Waals surface area contributed by atoms with Crippen LogP contribution in [0.4, 0.5) is 0 Å². The van der Waals surface area contributed by atoms with E-state index in [0.29, 0.717) is 6.54 Å². The summed E-state index contributed by atoms with van der Waals surface area (Å²) in [6, 6.07) is 16.4. The van der Waals surface area contributed by atoms with Crippen molar-refractivity contribution in [3.63, 3.8) is 0 Å². The maximum Gasteiger partial charge on any atom is 0.161 e. The molecule has 1 N–H and O–H groups in total. The smallest absolute Gasteiger partial charge is 0.161 e. The summed E-state index contributed by atoms with van der Waals surface area (Å²) in [4.78, 5) is 0. The molecule has 1 heterocycles. The fraction of sp³-hybridized carbons (Fsp3) is 0.417. The Morgan fingerprint density at radius 2 is 1.73 bits per heavy atom. The van der Waals surface area contributed by atoms with E-state index in [-0.39, 0.29) is 5.41 Å². The molecule has 30 heavy (non-hydrogen) atoms. The molecule has 1 aliphatic rings. The first-order valence-corrected chi connectivity index (χ1v) is 10.6. The van der Waals surface area contributed by atoms with Crippen LogP contribution in [0, 0.1) is 0 Å². The topological polar surface area (TPSA) is 61.2 Å². The highest BCUT2D eigenvalue weighted by atomic mass is 16.5. The zero-order valence-corrected chi connectivity index (χ0v) is 17.8. The van der Waals surface area contributed by atoms with E-state index in [4.69, 9.17) is 9.47 Å². The molecule has 0 unspecified atom stereocenters. The van der Waals surface area contributed by atoms with Gasteiger partial charge in [-0.2, -0.15) is 0 Å². The maximum atomic E-state index is 5.56. The maximum absolute atomic E-state index is 5.56. The molecule has 6 heteroatoms. The van der Waals surface area contributed by atoms with Crippen molar-refractivity contribution >= 4 is 0 Å². The monoisotopic (exact) mass is 406 g/mol. The quantitative estimate of drug-likeness (QED) is 0.605. The van der Waals surface area contributed by atoms with Crippen molar-refractivity contribution in [3.8, 4) is 17.2 Å². The van der Waals surface area contributed by atoms with E-state index < -0.39 is 0 Å². The third-order valence-corrected chi connectivity index (χ3v) is 6.14. The normalized spacial score (nSPS) is 15.7. The van der Waals surface area contributed by atoms with E-state index >= 15 is 0 Å². The third-order valence-electron chi connectivity index (χ3n) is 6.14.